The quantitative estimate of drug-likeness (QED) is 0.793. The molecule has 0 bridgehead atoms. The lowest BCUT2D eigenvalue weighted by Crippen LogP contribution is -2.04. The van der Waals surface area contributed by atoms with E-state index in [-0.39, 0.29) is 6.04 Å². The summed E-state index contributed by atoms with van der Waals surface area (Å²) in [4.78, 5) is 0. The standard InChI is InChI=1S/C17H20BrNO2/c1-3-10-20-14-5-7-15(8-6-14)21-17-9-4-13(12(2)19)11-16(17)18/h4-9,11-12H,3,10,19H2,1-2H3/t12-/m0/s1. The fourth-order valence-corrected chi connectivity index (χ4v) is 2.31. The second-order valence-corrected chi connectivity index (χ2v) is 5.75. The van der Waals surface area contributed by atoms with Gasteiger partial charge in [0.1, 0.15) is 17.2 Å². The Balaban J connectivity index is 2.07. The molecule has 0 heterocycles. The Morgan fingerprint density at radius 2 is 1.76 bits per heavy atom. The molecule has 0 fully saturated rings. The van der Waals surface area contributed by atoms with Crippen molar-refractivity contribution in [1.82, 2.24) is 0 Å². The first-order valence-electron chi connectivity index (χ1n) is 7.06. The van der Waals surface area contributed by atoms with Gasteiger partial charge in [0.15, 0.2) is 0 Å². The lowest BCUT2D eigenvalue weighted by molar-refractivity contribution is 0.317. The molecule has 0 radical (unpaired) electrons. The number of hydrogen-bond acceptors (Lipinski definition) is 3. The molecule has 2 rings (SSSR count). The Hall–Kier alpha value is -1.52. The second-order valence-electron chi connectivity index (χ2n) is 4.90. The third-order valence-corrected chi connectivity index (χ3v) is 3.63. The molecule has 0 amide bonds. The minimum atomic E-state index is 0.00495. The summed E-state index contributed by atoms with van der Waals surface area (Å²) in [6.45, 7) is 4.77. The summed E-state index contributed by atoms with van der Waals surface area (Å²) in [5.74, 6) is 2.39. The highest BCUT2D eigenvalue weighted by molar-refractivity contribution is 9.10. The van der Waals surface area contributed by atoms with Crippen molar-refractivity contribution < 1.29 is 9.47 Å². The SMILES string of the molecule is CCCOc1ccc(Oc2ccc([C@H](C)N)cc2Br)cc1. The van der Waals surface area contributed by atoms with Crippen LogP contribution in [0.5, 0.6) is 17.2 Å². The zero-order valence-electron chi connectivity index (χ0n) is 12.3. The predicted molar refractivity (Wildman–Crippen MR) is 89.0 cm³/mol. The molecule has 2 N–H and O–H groups in total. The first-order chi connectivity index (χ1) is 10.1. The number of ether oxygens (including phenoxy) is 2. The summed E-state index contributed by atoms with van der Waals surface area (Å²) in [6, 6.07) is 13.5. The molecule has 0 aliphatic rings. The number of hydrogen-bond donors (Lipinski definition) is 1. The molecule has 0 aromatic heterocycles. The minimum Gasteiger partial charge on any atom is -0.494 e. The summed E-state index contributed by atoms with van der Waals surface area (Å²) in [5.41, 5.74) is 6.93. The van der Waals surface area contributed by atoms with Gasteiger partial charge in [0.05, 0.1) is 11.1 Å². The minimum absolute atomic E-state index is 0.00495. The number of nitrogens with two attached hydrogens (primary N) is 1. The molecule has 21 heavy (non-hydrogen) atoms. The molecule has 1 atom stereocenters. The summed E-state index contributed by atoms with van der Waals surface area (Å²) in [6.07, 6.45) is 0.997. The van der Waals surface area contributed by atoms with Gasteiger partial charge >= 0.3 is 0 Å². The molecule has 0 unspecified atom stereocenters. The van der Waals surface area contributed by atoms with Gasteiger partial charge in [-0.3, -0.25) is 0 Å². The monoisotopic (exact) mass is 349 g/mol. The maximum Gasteiger partial charge on any atom is 0.141 e. The van der Waals surface area contributed by atoms with Gasteiger partial charge in [0.25, 0.3) is 0 Å². The van der Waals surface area contributed by atoms with E-state index < -0.39 is 0 Å². The Morgan fingerprint density at radius 3 is 2.33 bits per heavy atom. The smallest absolute Gasteiger partial charge is 0.141 e. The molecule has 0 saturated carbocycles. The normalized spacial score (nSPS) is 12.0. The molecule has 0 aliphatic heterocycles. The first-order valence-corrected chi connectivity index (χ1v) is 7.85. The van der Waals surface area contributed by atoms with Gasteiger partial charge in [-0.25, -0.2) is 0 Å². The van der Waals surface area contributed by atoms with E-state index in [9.17, 15) is 0 Å². The highest BCUT2D eigenvalue weighted by atomic mass is 79.9. The fourth-order valence-electron chi connectivity index (χ4n) is 1.83. The van der Waals surface area contributed by atoms with Crippen LogP contribution in [0.1, 0.15) is 31.9 Å². The van der Waals surface area contributed by atoms with Crippen LogP contribution in [-0.2, 0) is 0 Å². The van der Waals surface area contributed by atoms with Crippen LogP contribution in [0, 0.1) is 0 Å². The second kappa shape index (κ2) is 7.48. The maximum absolute atomic E-state index is 5.87. The van der Waals surface area contributed by atoms with Gasteiger partial charge in [-0.2, -0.15) is 0 Å². The number of benzene rings is 2. The van der Waals surface area contributed by atoms with E-state index in [0.717, 1.165) is 40.3 Å². The van der Waals surface area contributed by atoms with Gasteiger partial charge in [-0.05, 0) is 71.2 Å². The van der Waals surface area contributed by atoms with E-state index in [1.54, 1.807) is 0 Å². The van der Waals surface area contributed by atoms with E-state index in [1.165, 1.54) is 0 Å². The Kier molecular flexibility index (Phi) is 5.65. The topological polar surface area (TPSA) is 44.5 Å². The molecule has 0 aliphatic carbocycles. The highest BCUT2D eigenvalue weighted by Crippen LogP contribution is 2.32. The molecule has 4 heteroatoms. The molecule has 2 aromatic carbocycles. The zero-order valence-corrected chi connectivity index (χ0v) is 13.9. The molecular formula is C17H20BrNO2. The van der Waals surface area contributed by atoms with E-state index in [2.05, 4.69) is 22.9 Å². The van der Waals surface area contributed by atoms with Crippen LogP contribution in [0.4, 0.5) is 0 Å². The lowest BCUT2D eigenvalue weighted by Gasteiger charge is -2.12. The Bertz CT molecular complexity index is 582. The predicted octanol–water partition coefficient (Wildman–Crippen LogP) is 5.05. The van der Waals surface area contributed by atoms with E-state index in [1.807, 2.05) is 49.4 Å². The Labute approximate surface area is 134 Å². The van der Waals surface area contributed by atoms with Crippen molar-refractivity contribution in [2.24, 2.45) is 5.73 Å². The molecule has 112 valence electrons. The van der Waals surface area contributed by atoms with Gasteiger partial charge in [0, 0.05) is 6.04 Å². The first kappa shape index (κ1) is 15.9. The third-order valence-electron chi connectivity index (χ3n) is 3.01. The largest absolute Gasteiger partial charge is 0.494 e. The third kappa shape index (κ3) is 4.48. The summed E-state index contributed by atoms with van der Waals surface area (Å²) < 4.78 is 12.3. The summed E-state index contributed by atoms with van der Waals surface area (Å²) in [7, 11) is 0. The van der Waals surface area contributed by atoms with Gasteiger partial charge < -0.3 is 15.2 Å². The van der Waals surface area contributed by atoms with Crippen LogP contribution >= 0.6 is 15.9 Å². The van der Waals surface area contributed by atoms with Crippen LogP contribution in [0.15, 0.2) is 46.9 Å². The van der Waals surface area contributed by atoms with Crippen molar-refractivity contribution in [3.05, 3.63) is 52.5 Å². The van der Waals surface area contributed by atoms with Crippen LogP contribution in [-0.4, -0.2) is 6.61 Å². The van der Waals surface area contributed by atoms with E-state index in [0.29, 0.717) is 0 Å². The van der Waals surface area contributed by atoms with Crippen molar-refractivity contribution >= 4 is 15.9 Å². The number of rotatable bonds is 6. The molecule has 0 spiro atoms. The highest BCUT2D eigenvalue weighted by Gasteiger charge is 2.07. The van der Waals surface area contributed by atoms with Crippen LogP contribution in [0.25, 0.3) is 0 Å². The van der Waals surface area contributed by atoms with Crippen LogP contribution < -0.4 is 15.2 Å². The van der Waals surface area contributed by atoms with Crippen molar-refractivity contribution in [2.75, 3.05) is 6.61 Å². The molecule has 2 aromatic rings. The van der Waals surface area contributed by atoms with Gasteiger partial charge in [-0.15, -0.1) is 0 Å². The van der Waals surface area contributed by atoms with E-state index >= 15 is 0 Å². The molecule has 3 nitrogen and oxygen atoms in total. The maximum atomic E-state index is 5.87. The molecule has 0 saturated heterocycles. The van der Waals surface area contributed by atoms with Crippen molar-refractivity contribution in [1.29, 1.82) is 0 Å². The van der Waals surface area contributed by atoms with Gasteiger partial charge in [-0.1, -0.05) is 13.0 Å². The van der Waals surface area contributed by atoms with Gasteiger partial charge in [0.2, 0.25) is 0 Å². The summed E-state index contributed by atoms with van der Waals surface area (Å²) in [5, 5.41) is 0. The van der Waals surface area contributed by atoms with Crippen molar-refractivity contribution in [2.45, 2.75) is 26.3 Å². The number of halogens is 1. The fraction of sp³-hybridized carbons (Fsp3) is 0.294. The zero-order chi connectivity index (χ0) is 15.2. The average molecular weight is 350 g/mol. The Morgan fingerprint density at radius 1 is 1.10 bits per heavy atom. The van der Waals surface area contributed by atoms with E-state index in [4.69, 9.17) is 15.2 Å². The average Bonchev–Trinajstić information content (AvgIpc) is 2.48. The van der Waals surface area contributed by atoms with Crippen molar-refractivity contribution in [3.63, 3.8) is 0 Å². The van der Waals surface area contributed by atoms with Crippen molar-refractivity contribution in [3.8, 4) is 17.2 Å². The van der Waals surface area contributed by atoms with Crippen LogP contribution in [0.3, 0.4) is 0 Å². The molecular weight excluding hydrogens is 330 g/mol. The van der Waals surface area contributed by atoms with Crippen LogP contribution in [0.2, 0.25) is 0 Å². The summed E-state index contributed by atoms with van der Waals surface area (Å²) >= 11 is 3.52. The lowest BCUT2D eigenvalue weighted by atomic mass is 10.1.